The monoisotopic (exact) mass is 300 g/mol. The first-order chi connectivity index (χ1) is 9.87. The molecule has 124 valence electrons. The summed E-state index contributed by atoms with van der Waals surface area (Å²) in [5, 5.41) is 0. The van der Waals surface area contributed by atoms with E-state index in [1.807, 2.05) is 0 Å². The maximum absolute atomic E-state index is 2.74. The van der Waals surface area contributed by atoms with Crippen molar-refractivity contribution in [2.75, 3.05) is 0 Å². The van der Waals surface area contributed by atoms with Gasteiger partial charge in [0.2, 0.25) is 0 Å². The molecule has 10 atom stereocenters. The first-order valence-corrected chi connectivity index (χ1v) is 9.87. The van der Waals surface area contributed by atoms with Gasteiger partial charge in [-0.1, -0.05) is 62.3 Å². The Hall–Kier alpha value is 0. The lowest BCUT2D eigenvalue weighted by molar-refractivity contribution is -0.510. The Morgan fingerprint density at radius 1 is 0.818 bits per heavy atom. The van der Waals surface area contributed by atoms with Gasteiger partial charge < -0.3 is 0 Å². The van der Waals surface area contributed by atoms with E-state index in [0.29, 0.717) is 32.5 Å². The van der Waals surface area contributed by atoms with E-state index in [9.17, 15) is 0 Å². The Morgan fingerprint density at radius 2 is 1.41 bits per heavy atom. The smallest absolute Gasteiger partial charge is 0.0155 e. The molecule has 5 aliphatic carbocycles. The molecule has 5 fully saturated rings. The van der Waals surface area contributed by atoms with Crippen LogP contribution >= 0.6 is 0 Å². The van der Waals surface area contributed by atoms with Crippen LogP contribution < -0.4 is 0 Å². The van der Waals surface area contributed by atoms with Crippen LogP contribution in [0.2, 0.25) is 0 Å². The predicted molar refractivity (Wildman–Crippen MR) is 92.3 cm³/mol. The Labute approximate surface area is 137 Å². The van der Waals surface area contributed by atoms with Crippen molar-refractivity contribution < 1.29 is 0 Å². The third kappa shape index (κ3) is 0.767. The molecule has 0 radical (unpaired) electrons. The standard InChI is InChI=1S/C22H36/c1-12-10-14-13(2)15-16-18(5)11-17(3,4)22(18,9)21(16,8)20(15,7)19(12,14)6/h12-16H,10-11H2,1-9H3. The van der Waals surface area contributed by atoms with E-state index < -0.39 is 0 Å². The first kappa shape index (κ1) is 14.4. The summed E-state index contributed by atoms with van der Waals surface area (Å²) in [4.78, 5) is 0. The third-order valence-corrected chi connectivity index (χ3v) is 12.5. The highest BCUT2D eigenvalue weighted by molar-refractivity contribution is 5.45. The van der Waals surface area contributed by atoms with Gasteiger partial charge in [0.15, 0.2) is 0 Å². The van der Waals surface area contributed by atoms with E-state index in [1.165, 1.54) is 12.8 Å². The normalized spacial score (nSPS) is 76.0. The zero-order chi connectivity index (χ0) is 16.3. The number of hydrogen-bond donors (Lipinski definition) is 0. The fourth-order valence-electron chi connectivity index (χ4n) is 11.4. The first-order valence-electron chi connectivity index (χ1n) is 9.87. The molecule has 0 bridgehead atoms. The number of rotatable bonds is 0. The van der Waals surface area contributed by atoms with Gasteiger partial charge in [-0.25, -0.2) is 0 Å². The van der Waals surface area contributed by atoms with Crippen LogP contribution in [0.5, 0.6) is 0 Å². The van der Waals surface area contributed by atoms with Crippen molar-refractivity contribution in [3.05, 3.63) is 0 Å². The minimum atomic E-state index is 0.533. The maximum atomic E-state index is 2.74. The van der Waals surface area contributed by atoms with Crippen LogP contribution in [0.4, 0.5) is 0 Å². The predicted octanol–water partition coefficient (Wildman–Crippen LogP) is 6.01. The lowest BCUT2D eigenvalue weighted by Crippen LogP contribution is -2.93. The molecular weight excluding hydrogens is 264 g/mol. The van der Waals surface area contributed by atoms with Gasteiger partial charge in [0.25, 0.3) is 0 Å². The molecule has 0 heterocycles. The average Bonchev–Trinajstić information content (AvgIpc) is 2.54. The molecule has 5 saturated carbocycles. The quantitative estimate of drug-likeness (QED) is 0.513. The molecule has 10 unspecified atom stereocenters. The van der Waals surface area contributed by atoms with Gasteiger partial charge in [0.1, 0.15) is 0 Å². The Bertz CT molecular complexity index is 603. The summed E-state index contributed by atoms with van der Waals surface area (Å²) < 4.78 is 0. The molecule has 0 saturated heterocycles. The molecule has 0 aliphatic heterocycles. The fourth-order valence-corrected chi connectivity index (χ4v) is 11.4. The van der Waals surface area contributed by atoms with E-state index in [2.05, 4.69) is 62.3 Å². The molecule has 0 nitrogen and oxygen atoms in total. The van der Waals surface area contributed by atoms with E-state index in [-0.39, 0.29) is 0 Å². The molecule has 0 N–H and O–H groups in total. The van der Waals surface area contributed by atoms with Crippen molar-refractivity contribution in [3.8, 4) is 0 Å². The molecule has 0 heteroatoms. The molecule has 0 aromatic carbocycles. The van der Waals surface area contributed by atoms with Crippen molar-refractivity contribution in [1.29, 1.82) is 0 Å². The van der Waals surface area contributed by atoms with E-state index in [0.717, 1.165) is 29.6 Å². The summed E-state index contributed by atoms with van der Waals surface area (Å²) in [6.45, 7) is 23.8. The molecule has 0 amide bonds. The summed E-state index contributed by atoms with van der Waals surface area (Å²) in [6.07, 6.45) is 2.97. The zero-order valence-corrected chi connectivity index (χ0v) is 16.3. The molecule has 0 spiro atoms. The average molecular weight is 301 g/mol. The molecule has 0 aromatic heterocycles. The van der Waals surface area contributed by atoms with Crippen molar-refractivity contribution in [2.45, 2.75) is 75.2 Å². The zero-order valence-electron chi connectivity index (χ0n) is 16.3. The lowest BCUT2D eigenvalue weighted by Gasteiger charge is -2.98. The summed E-state index contributed by atoms with van der Waals surface area (Å²) in [7, 11) is 0. The van der Waals surface area contributed by atoms with Crippen LogP contribution in [0.25, 0.3) is 0 Å². The van der Waals surface area contributed by atoms with Crippen molar-refractivity contribution in [2.24, 2.45) is 62.1 Å². The van der Waals surface area contributed by atoms with Gasteiger partial charge in [-0.2, -0.15) is 0 Å². The Kier molecular flexibility index (Phi) is 1.95. The molecule has 5 aliphatic rings. The second-order valence-corrected chi connectivity index (χ2v) is 11.9. The van der Waals surface area contributed by atoms with Crippen LogP contribution in [-0.4, -0.2) is 0 Å². The van der Waals surface area contributed by atoms with Crippen molar-refractivity contribution >= 4 is 0 Å². The minimum absolute atomic E-state index is 0.533. The Morgan fingerprint density at radius 3 is 1.91 bits per heavy atom. The van der Waals surface area contributed by atoms with Gasteiger partial charge in [0.05, 0.1) is 0 Å². The Balaban J connectivity index is 1.72. The van der Waals surface area contributed by atoms with E-state index in [1.54, 1.807) is 0 Å². The summed E-state index contributed by atoms with van der Waals surface area (Å²) in [6, 6.07) is 0. The minimum Gasteiger partial charge on any atom is -0.0619 e. The third-order valence-electron chi connectivity index (χ3n) is 12.5. The fraction of sp³-hybridized carbons (Fsp3) is 1.00. The summed E-state index contributed by atoms with van der Waals surface area (Å²) in [5.41, 5.74) is 3.48. The van der Waals surface area contributed by atoms with Gasteiger partial charge in [0, 0.05) is 0 Å². The maximum Gasteiger partial charge on any atom is -0.0155 e. The molecular formula is C22H36. The summed E-state index contributed by atoms with van der Waals surface area (Å²) >= 11 is 0. The van der Waals surface area contributed by atoms with Crippen LogP contribution in [0.15, 0.2) is 0 Å². The van der Waals surface area contributed by atoms with Gasteiger partial charge in [-0.3, -0.25) is 0 Å². The van der Waals surface area contributed by atoms with Crippen LogP contribution in [0.1, 0.15) is 75.2 Å². The summed E-state index contributed by atoms with van der Waals surface area (Å²) in [5.74, 6) is 4.93. The molecule has 22 heavy (non-hydrogen) atoms. The molecule has 0 aromatic rings. The highest BCUT2D eigenvalue weighted by atomic mass is 15.0. The molecule has 5 rings (SSSR count). The number of fused-ring (bicyclic) bond motifs is 9. The van der Waals surface area contributed by atoms with Gasteiger partial charge in [-0.05, 0) is 74.9 Å². The van der Waals surface area contributed by atoms with Crippen molar-refractivity contribution in [1.82, 2.24) is 0 Å². The topological polar surface area (TPSA) is 0 Å². The van der Waals surface area contributed by atoms with E-state index in [4.69, 9.17) is 0 Å². The lowest BCUT2D eigenvalue weighted by atomic mass is 9.06. The largest absolute Gasteiger partial charge is 0.0619 e. The van der Waals surface area contributed by atoms with Gasteiger partial charge in [-0.15, -0.1) is 0 Å². The van der Waals surface area contributed by atoms with Crippen LogP contribution in [0.3, 0.4) is 0 Å². The van der Waals surface area contributed by atoms with Crippen LogP contribution in [-0.2, 0) is 0 Å². The SMILES string of the molecule is CC1C2CC(C)C2(C)C2(C)C1C1C3(C)CC(C)(C)C3(C)C12C. The number of hydrogen-bond acceptors (Lipinski definition) is 0. The van der Waals surface area contributed by atoms with Crippen LogP contribution in [0, 0.1) is 62.1 Å². The second kappa shape index (κ2) is 2.99. The highest BCUT2D eigenvalue weighted by Crippen LogP contribution is 3.03. The van der Waals surface area contributed by atoms with E-state index >= 15 is 0 Å². The highest BCUT2D eigenvalue weighted by Gasteiger charge is 2.98. The van der Waals surface area contributed by atoms with Crippen molar-refractivity contribution in [3.63, 3.8) is 0 Å². The van der Waals surface area contributed by atoms with Gasteiger partial charge >= 0.3 is 0 Å². The second-order valence-electron chi connectivity index (χ2n) is 11.9.